The molecule has 1 saturated carbocycles. The number of amides is 1. The quantitative estimate of drug-likeness (QED) is 0.754. The van der Waals surface area contributed by atoms with E-state index in [0.29, 0.717) is 25.7 Å². The second-order valence-corrected chi connectivity index (χ2v) is 8.46. The molecule has 1 aliphatic rings. The van der Waals surface area contributed by atoms with E-state index in [1.165, 1.54) is 5.56 Å². The van der Waals surface area contributed by atoms with E-state index in [2.05, 4.69) is 24.3 Å². The molecule has 4 nitrogen and oxygen atoms in total. The van der Waals surface area contributed by atoms with Crippen LogP contribution >= 0.6 is 0 Å². The lowest BCUT2D eigenvalue weighted by Gasteiger charge is -2.36. The number of benzene rings is 2. The number of hydrogen-bond acceptors (Lipinski definition) is 2. The molecule has 27 heavy (non-hydrogen) atoms. The smallest absolute Gasteiger partial charge is 0.407 e. The van der Waals surface area contributed by atoms with Crippen molar-refractivity contribution in [1.82, 2.24) is 4.90 Å². The Morgan fingerprint density at radius 1 is 1.11 bits per heavy atom. The van der Waals surface area contributed by atoms with Gasteiger partial charge >= 0.3 is 6.09 Å². The molecule has 1 amide bonds. The molecule has 0 spiro atoms. The summed E-state index contributed by atoms with van der Waals surface area (Å²) in [4.78, 5) is 13.5. The van der Waals surface area contributed by atoms with Crippen molar-refractivity contribution in [2.75, 3.05) is 13.2 Å². The van der Waals surface area contributed by atoms with E-state index in [0.717, 1.165) is 12.0 Å². The number of rotatable bonds is 7. The summed E-state index contributed by atoms with van der Waals surface area (Å²) >= 11 is 0. The van der Waals surface area contributed by atoms with E-state index in [-0.39, 0.29) is 5.41 Å². The second kappa shape index (κ2) is 7.73. The van der Waals surface area contributed by atoms with Gasteiger partial charge in [0.05, 0.1) is 13.2 Å². The maximum absolute atomic E-state index is 11.9. The molecule has 2 aromatic carbocycles. The first-order valence-electron chi connectivity index (χ1n) is 9.51. The lowest BCUT2D eigenvalue weighted by molar-refractivity contribution is 0.0809. The highest BCUT2D eigenvalue weighted by Gasteiger charge is 2.57. The number of carbonyl (C=O) groups is 1. The van der Waals surface area contributed by atoms with Crippen LogP contribution in [-0.4, -0.2) is 34.8 Å². The van der Waals surface area contributed by atoms with Crippen LogP contribution in [-0.2, 0) is 16.8 Å². The van der Waals surface area contributed by atoms with Crippen LogP contribution in [0.2, 0.25) is 0 Å². The molecule has 1 fully saturated rings. The van der Waals surface area contributed by atoms with Gasteiger partial charge in [0.2, 0.25) is 0 Å². The molecule has 2 aromatic rings. The van der Waals surface area contributed by atoms with Gasteiger partial charge in [0, 0.05) is 17.5 Å². The zero-order valence-electron chi connectivity index (χ0n) is 16.4. The Balaban J connectivity index is 1.72. The molecule has 2 atom stereocenters. The van der Waals surface area contributed by atoms with E-state index in [9.17, 15) is 9.90 Å². The first-order chi connectivity index (χ1) is 12.8. The van der Waals surface area contributed by atoms with Crippen molar-refractivity contribution in [1.29, 1.82) is 0 Å². The molecule has 0 aliphatic heterocycles. The van der Waals surface area contributed by atoms with Crippen LogP contribution in [0.25, 0.3) is 0 Å². The maximum Gasteiger partial charge on any atom is 0.407 e. The van der Waals surface area contributed by atoms with Crippen molar-refractivity contribution in [3.05, 3.63) is 71.8 Å². The lowest BCUT2D eigenvalue weighted by atomic mass is 9.91. The molecule has 0 bridgehead atoms. The van der Waals surface area contributed by atoms with Crippen LogP contribution in [0.5, 0.6) is 0 Å². The van der Waals surface area contributed by atoms with E-state index in [1.54, 1.807) is 4.90 Å². The maximum atomic E-state index is 11.9. The molecule has 0 aromatic heterocycles. The summed E-state index contributed by atoms with van der Waals surface area (Å²) in [6.45, 7) is 7.57. The zero-order valence-corrected chi connectivity index (χ0v) is 16.4. The first kappa shape index (κ1) is 19.4. The largest absolute Gasteiger partial charge is 0.465 e. The van der Waals surface area contributed by atoms with Gasteiger partial charge in [-0.3, -0.25) is 0 Å². The predicted molar refractivity (Wildman–Crippen MR) is 107 cm³/mol. The summed E-state index contributed by atoms with van der Waals surface area (Å²) in [6, 6.07) is 20.4. The Morgan fingerprint density at radius 3 is 2.26 bits per heavy atom. The Morgan fingerprint density at radius 2 is 1.70 bits per heavy atom. The van der Waals surface area contributed by atoms with Crippen LogP contribution in [0.4, 0.5) is 4.79 Å². The number of ether oxygens (including phenoxy) is 1. The highest BCUT2D eigenvalue weighted by molar-refractivity contribution is 5.66. The third-order valence-corrected chi connectivity index (χ3v) is 5.49. The summed E-state index contributed by atoms with van der Waals surface area (Å²) in [5, 5.41) is 9.75. The predicted octanol–water partition coefficient (Wildman–Crippen LogP) is 4.94. The summed E-state index contributed by atoms with van der Waals surface area (Å²) < 4.78 is 5.98. The summed E-state index contributed by atoms with van der Waals surface area (Å²) in [6.07, 6.45) is 0.0831. The molecule has 0 heterocycles. The van der Waals surface area contributed by atoms with Crippen molar-refractivity contribution in [3.8, 4) is 0 Å². The zero-order chi connectivity index (χ0) is 19.5. The normalized spacial score (nSPS) is 21.7. The fourth-order valence-corrected chi connectivity index (χ4v) is 3.77. The van der Waals surface area contributed by atoms with Crippen LogP contribution in [0.15, 0.2) is 60.7 Å². The van der Waals surface area contributed by atoms with Gasteiger partial charge in [0.1, 0.15) is 0 Å². The van der Waals surface area contributed by atoms with Crippen LogP contribution < -0.4 is 0 Å². The number of hydrogen-bond donors (Lipinski definition) is 1. The van der Waals surface area contributed by atoms with Gasteiger partial charge in [0.25, 0.3) is 0 Å². The van der Waals surface area contributed by atoms with Gasteiger partial charge < -0.3 is 14.7 Å². The molecule has 0 saturated heterocycles. The van der Waals surface area contributed by atoms with E-state index in [4.69, 9.17) is 4.74 Å². The van der Waals surface area contributed by atoms with Gasteiger partial charge in [0.15, 0.2) is 0 Å². The first-order valence-corrected chi connectivity index (χ1v) is 9.51. The minimum atomic E-state index is -0.867. The topological polar surface area (TPSA) is 49.8 Å². The monoisotopic (exact) mass is 367 g/mol. The highest BCUT2D eigenvalue weighted by Crippen LogP contribution is 2.55. The summed E-state index contributed by atoms with van der Waals surface area (Å²) in [5.74, 6) is 0.327. The van der Waals surface area contributed by atoms with Gasteiger partial charge in [-0.25, -0.2) is 4.79 Å². The Bertz CT molecular complexity index is 754. The van der Waals surface area contributed by atoms with Gasteiger partial charge in [-0.15, -0.1) is 0 Å². The molecular weight excluding hydrogens is 338 g/mol. The Kier molecular flexibility index (Phi) is 5.56. The van der Waals surface area contributed by atoms with Crippen molar-refractivity contribution in [2.45, 2.75) is 44.8 Å². The van der Waals surface area contributed by atoms with Crippen molar-refractivity contribution < 1.29 is 14.6 Å². The standard InChI is InChI=1S/C23H29NO3/c1-22(2,3)24(21(25)26)17-23(19-12-8-5-9-13-19)14-20(23)16-27-15-18-10-6-4-7-11-18/h4-13,20H,14-17H2,1-3H3,(H,25,26)/t20-,23-/m0/s1. The molecule has 0 radical (unpaired) electrons. The lowest BCUT2D eigenvalue weighted by Crippen LogP contribution is -2.49. The Labute approximate surface area is 161 Å². The molecule has 0 unspecified atom stereocenters. The van der Waals surface area contributed by atoms with Gasteiger partial charge in [-0.2, -0.15) is 0 Å². The molecule has 4 heteroatoms. The number of carboxylic acid groups (broad SMARTS) is 1. The molecule has 144 valence electrons. The molecular formula is C23H29NO3. The molecule has 1 aliphatic carbocycles. The minimum absolute atomic E-state index is 0.163. The summed E-state index contributed by atoms with van der Waals surface area (Å²) in [5.41, 5.74) is 1.76. The fraction of sp³-hybridized carbons (Fsp3) is 0.435. The van der Waals surface area contributed by atoms with Crippen LogP contribution in [0, 0.1) is 5.92 Å². The second-order valence-electron chi connectivity index (χ2n) is 8.46. The van der Waals surface area contributed by atoms with Crippen LogP contribution in [0.1, 0.15) is 38.3 Å². The Hall–Kier alpha value is -2.33. The minimum Gasteiger partial charge on any atom is -0.465 e. The van der Waals surface area contributed by atoms with Crippen molar-refractivity contribution in [2.24, 2.45) is 5.92 Å². The third-order valence-electron chi connectivity index (χ3n) is 5.49. The third kappa shape index (κ3) is 4.51. The van der Waals surface area contributed by atoms with E-state index >= 15 is 0 Å². The molecule has 1 N–H and O–H groups in total. The van der Waals surface area contributed by atoms with Crippen LogP contribution in [0.3, 0.4) is 0 Å². The fourth-order valence-electron chi connectivity index (χ4n) is 3.77. The van der Waals surface area contributed by atoms with Crippen molar-refractivity contribution in [3.63, 3.8) is 0 Å². The summed E-state index contributed by atoms with van der Waals surface area (Å²) in [7, 11) is 0. The molecule has 3 rings (SSSR count). The van der Waals surface area contributed by atoms with Crippen molar-refractivity contribution >= 4 is 6.09 Å². The van der Waals surface area contributed by atoms with Gasteiger partial charge in [-0.05, 0) is 44.2 Å². The SMILES string of the molecule is CC(C)(C)N(C[C@]1(c2ccccc2)C[C@H]1COCc1ccccc1)C(=O)O. The number of nitrogens with zero attached hydrogens (tertiary/aromatic N) is 1. The van der Waals surface area contributed by atoms with E-state index < -0.39 is 11.6 Å². The average Bonchev–Trinajstić information content (AvgIpc) is 3.34. The average molecular weight is 367 g/mol. The van der Waals surface area contributed by atoms with E-state index in [1.807, 2.05) is 57.2 Å². The van der Waals surface area contributed by atoms with Gasteiger partial charge in [-0.1, -0.05) is 60.7 Å². The highest BCUT2D eigenvalue weighted by atomic mass is 16.5.